The van der Waals surface area contributed by atoms with Crippen molar-refractivity contribution in [2.45, 2.75) is 12.3 Å². The molecule has 1 aromatic carbocycles. The van der Waals surface area contributed by atoms with Gasteiger partial charge in [-0.3, -0.25) is 4.79 Å². The number of ether oxygens (including phenoxy) is 1. The second kappa shape index (κ2) is 4.97. The summed E-state index contributed by atoms with van der Waals surface area (Å²) in [5.41, 5.74) is 2.04. The highest BCUT2D eigenvalue weighted by Gasteiger charge is 2.20. The summed E-state index contributed by atoms with van der Waals surface area (Å²) in [6, 6.07) is 5.24. The van der Waals surface area contributed by atoms with Gasteiger partial charge in [-0.05, 0) is 24.1 Å². The molecule has 0 amide bonds. The predicted octanol–water partition coefficient (Wildman–Crippen LogP) is 2.03. The summed E-state index contributed by atoms with van der Waals surface area (Å²) in [5, 5.41) is 9.17. The second-order valence-electron chi connectivity index (χ2n) is 3.75. The maximum atomic E-state index is 11.2. The van der Waals surface area contributed by atoms with E-state index in [2.05, 4.69) is 4.98 Å². The van der Waals surface area contributed by atoms with Crippen LogP contribution in [0.5, 0.6) is 0 Å². The first-order valence-electron chi connectivity index (χ1n) is 5.27. The van der Waals surface area contributed by atoms with Crippen LogP contribution in [0.2, 0.25) is 0 Å². The number of benzene rings is 1. The Morgan fingerprint density at radius 3 is 3.12 bits per heavy atom. The molecule has 2 rings (SSSR count). The Hall–Kier alpha value is -1.88. The zero-order chi connectivity index (χ0) is 12.3. The van der Waals surface area contributed by atoms with Crippen LogP contribution in [0.15, 0.2) is 29.0 Å². The zero-order valence-electron chi connectivity index (χ0n) is 9.42. The molecule has 0 saturated carbocycles. The number of aliphatic carboxylic acids is 1. The second-order valence-corrected chi connectivity index (χ2v) is 3.75. The van der Waals surface area contributed by atoms with Gasteiger partial charge in [0.05, 0.1) is 5.92 Å². The lowest BCUT2D eigenvalue weighted by molar-refractivity contribution is -0.139. The fourth-order valence-electron chi connectivity index (χ4n) is 1.76. The van der Waals surface area contributed by atoms with Crippen molar-refractivity contribution in [2.24, 2.45) is 0 Å². The largest absolute Gasteiger partial charge is 0.481 e. The first-order chi connectivity index (χ1) is 8.22. The maximum absolute atomic E-state index is 11.2. The average molecular weight is 235 g/mol. The summed E-state index contributed by atoms with van der Waals surface area (Å²) in [6.07, 6.45) is 1.78. The highest BCUT2D eigenvalue weighted by atomic mass is 16.5. The van der Waals surface area contributed by atoms with Gasteiger partial charge in [0.1, 0.15) is 5.52 Å². The number of oxazole rings is 1. The minimum atomic E-state index is -0.860. The van der Waals surface area contributed by atoms with Crippen molar-refractivity contribution in [3.63, 3.8) is 0 Å². The molecule has 0 spiro atoms. The molecule has 90 valence electrons. The molecule has 1 N–H and O–H groups in total. The maximum Gasteiger partial charge on any atom is 0.311 e. The van der Waals surface area contributed by atoms with E-state index >= 15 is 0 Å². The molecule has 5 heteroatoms. The summed E-state index contributed by atoms with van der Waals surface area (Å²) in [7, 11) is 1.55. The molecule has 0 aliphatic rings. The highest BCUT2D eigenvalue weighted by Crippen LogP contribution is 2.24. The Morgan fingerprint density at radius 1 is 1.59 bits per heavy atom. The Kier molecular flexibility index (Phi) is 3.39. The molecule has 5 nitrogen and oxygen atoms in total. The van der Waals surface area contributed by atoms with Crippen LogP contribution in [0.3, 0.4) is 0 Å². The van der Waals surface area contributed by atoms with Crippen LogP contribution in [0.1, 0.15) is 17.9 Å². The van der Waals surface area contributed by atoms with Crippen LogP contribution in [0.25, 0.3) is 11.1 Å². The smallest absolute Gasteiger partial charge is 0.311 e. The highest BCUT2D eigenvalue weighted by molar-refractivity contribution is 5.79. The molecule has 0 aliphatic carbocycles. The predicted molar refractivity (Wildman–Crippen MR) is 60.9 cm³/mol. The third kappa shape index (κ3) is 2.45. The standard InChI is InChI=1S/C12H13NO4/c1-16-5-4-9(12(14)15)8-2-3-10-11(6-8)17-7-13-10/h2-3,6-7,9H,4-5H2,1H3,(H,14,15). The molecule has 1 unspecified atom stereocenters. The molecule has 0 saturated heterocycles. The number of nitrogens with zero attached hydrogens (tertiary/aromatic N) is 1. The Morgan fingerprint density at radius 2 is 2.41 bits per heavy atom. The fourth-order valence-corrected chi connectivity index (χ4v) is 1.76. The number of carbonyl (C=O) groups is 1. The Labute approximate surface area is 98.0 Å². The van der Waals surface area contributed by atoms with Gasteiger partial charge in [0, 0.05) is 13.7 Å². The molecule has 0 fully saturated rings. The van der Waals surface area contributed by atoms with Gasteiger partial charge in [-0.2, -0.15) is 0 Å². The number of hydrogen-bond acceptors (Lipinski definition) is 4. The molecular formula is C12H13NO4. The van der Waals surface area contributed by atoms with Gasteiger partial charge in [-0.1, -0.05) is 6.07 Å². The Bertz CT molecular complexity index is 520. The van der Waals surface area contributed by atoms with Crippen LogP contribution in [0.4, 0.5) is 0 Å². The molecule has 1 heterocycles. The number of aromatic nitrogens is 1. The Balaban J connectivity index is 2.30. The summed E-state index contributed by atoms with van der Waals surface area (Å²) in [5.74, 6) is -1.44. The third-order valence-corrected chi connectivity index (χ3v) is 2.67. The number of rotatable bonds is 5. The molecule has 0 bridgehead atoms. The average Bonchev–Trinajstić information content (AvgIpc) is 2.76. The van der Waals surface area contributed by atoms with Crippen LogP contribution < -0.4 is 0 Å². The third-order valence-electron chi connectivity index (χ3n) is 2.67. The summed E-state index contributed by atoms with van der Waals surface area (Å²) >= 11 is 0. The van der Waals surface area contributed by atoms with E-state index in [4.69, 9.17) is 9.15 Å². The summed E-state index contributed by atoms with van der Waals surface area (Å²) in [6.45, 7) is 0.408. The van der Waals surface area contributed by atoms with Crippen LogP contribution in [-0.2, 0) is 9.53 Å². The molecule has 0 radical (unpaired) electrons. The molecule has 1 aromatic heterocycles. The number of hydrogen-bond donors (Lipinski definition) is 1. The van der Waals surface area contributed by atoms with Crippen molar-refractivity contribution in [3.05, 3.63) is 30.2 Å². The van der Waals surface area contributed by atoms with Gasteiger partial charge in [0.15, 0.2) is 12.0 Å². The number of carboxylic acid groups (broad SMARTS) is 1. The van der Waals surface area contributed by atoms with E-state index in [9.17, 15) is 9.90 Å². The van der Waals surface area contributed by atoms with E-state index in [0.717, 1.165) is 5.52 Å². The number of carboxylic acids is 1. The first kappa shape index (κ1) is 11.6. The lowest BCUT2D eigenvalue weighted by atomic mass is 9.96. The fraction of sp³-hybridized carbons (Fsp3) is 0.333. The normalized spacial score (nSPS) is 12.8. The van der Waals surface area contributed by atoms with Crippen molar-refractivity contribution in [1.82, 2.24) is 4.98 Å². The first-order valence-corrected chi connectivity index (χ1v) is 5.27. The van der Waals surface area contributed by atoms with Crippen molar-refractivity contribution in [2.75, 3.05) is 13.7 Å². The van der Waals surface area contributed by atoms with E-state index in [1.807, 2.05) is 0 Å². The summed E-state index contributed by atoms with van der Waals surface area (Å²) in [4.78, 5) is 15.2. The lowest BCUT2D eigenvalue weighted by Gasteiger charge is -2.11. The quantitative estimate of drug-likeness (QED) is 0.858. The van der Waals surface area contributed by atoms with Crippen LogP contribution >= 0.6 is 0 Å². The number of methoxy groups -OCH3 is 1. The van der Waals surface area contributed by atoms with E-state index in [0.29, 0.717) is 24.2 Å². The molecule has 17 heavy (non-hydrogen) atoms. The van der Waals surface area contributed by atoms with Gasteiger partial charge in [-0.25, -0.2) is 4.98 Å². The van der Waals surface area contributed by atoms with Crippen molar-refractivity contribution in [1.29, 1.82) is 0 Å². The SMILES string of the molecule is COCCC(C(=O)O)c1ccc2ncoc2c1. The van der Waals surface area contributed by atoms with Gasteiger partial charge in [0.25, 0.3) is 0 Å². The molecule has 1 atom stereocenters. The van der Waals surface area contributed by atoms with Gasteiger partial charge in [0.2, 0.25) is 0 Å². The van der Waals surface area contributed by atoms with Crippen molar-refractivity contribution >= 4 is 17.1 Å². The number of fused-ring (bicyclic) bond motifs is 1. The van der Waals surface area contributed by atoms with Crippen molar-refractivity contribution < 1.29 is 19.1 Å². The van der Waals surface area contributed by atoms with E-state index in [1.54, 1.807) is 25.3 Å². The summed E-state index contributed by atoms with van der Waals surface area (Å²) < 4.78 is 10.1. The minimum Gasteiger partial charge on any atom is -0.481 e. The lowest BCUT2D eigenvalue weighted by Crippen LogP contribution is -2.13. The van der Waals surface area contributed by atoms with Crippen LogP contribution in [-0.4, -0.2) is 29.8 Å². The molecular weight excluding hydrogens is 222 g/mol. The van der Waals surface area contributed by atoms with Crippen molar-refractivity contribution in [3.8, 4) is 0 Å². The van der Waals surface area contributed by atoms with E-state index in [1.165, 1.54) is 6.39 Å². The van der Waals surface area contributed by atoms with E-state index in [-0.39, 0.29) is 0 Å². The molecule has 2 aromatic rings. The zero-order valence-corrected chi connectivity index (χ0v) is 9.42. The van der Waals surface area contributed by atoms with Gasteiger partial charge < -0.3 is 14.3 Å². The van der Waals surface area contributed by atoms with Gasteiger partial charge in [-0.15, -0.1) is 0 Å². The van der Waals surface area contributed by atoms with Gasteiger partial charge >= 0.3 is 5.97 Å². The monoisotopic (exact) mass is 235 g/mol. The topological polar surface area (TPSA) is 72.6 Å². The van der Waals surface area contributed by atoms with Crippen LogP contribution in [0, 0.1) is 0 Å². The molecule has 0 aliphatic heterocycles. The minimum absolute atomic E-state index is 0.408. The van der Waals surface area contributed by atoms with E-state index < -0.39 is 11.9 Å².